The SMILES string of the molecule is CCOc1c(NC)ccc(Cl)c1C=O. The summed E-state index contributed by atoms with van der Waals surface area (Å²) >= 11 is 5.86. The van der Waals surface area contributed by atoms with Crippen LogP contribution in [-0.4, -0.2) is 19.9 Å². The monoisotopic (exact) mass is 213 g/mol. The Hall–Kier alpha value is -1.22. The number of halogens is 1. The zero-order chi connectivity index (χ0) is 10.6. The molecule has 0 aromatic heterocycles. The molecule has 0 aliphatic rings. The summed E-state index contributed by atoms with van der Waals surface area (Å²) in [7, 11) is 1.76. The minimum Gasteiger partial charge on any atom is -0.491 e. The summed E-state index contributed by atoms with van der Waals surface area (Å²) < 4.78 is 5.35. The smallest absolute Gasteiger partial charge is 0.155 e. The molecule has 0 unspecified atom stereocenters. The molecule has 1 aromatic carbocycles. The minimum atomic E-state index is 0.389. The Morgan fingerprint density at radius 3 is 2.79 bits per heavy atom. The van der Waals surface area contributed by atoms with E-state index in [1.54, 1.807) is 19.2 Å². The number of rotatable bonds is 4. The normalized spacial score (nSPS) is 9.64. The molecule has 0 bridgehead atoms. The summed E-state index contributed by atoms with van der Waals surface area (Å²) in [6.45, 7) is 2.35. The van der Waals surface area contributed by atoms with E-state index >= 15 is 0 Å². The van der Waals surface area contributed by atoms with Gasteiger partial charge in [-0.1, -0.05) is 11.6 Å². The predicted octanol–water partition coefficient (Wildman–Crippen LogP) is 2.59. The van der Waals surface area contributed by atoms with Crippen LogP contribution in [0.4, 0.5) is 5.69 Å². The fourth-order valence-electron chi connectivity index (χ4n) is 1.18. The van der Waals surface area contributed by atoms with Gasteiger partial charge in [0.2, 0.25) is 0 Å². The summed E-state index contributed by atoms with van der Waals surface area (Å²) in [5.41, 5.74) is 1.15. The van der Waals surface area contributed by atoms with Crippen molar-refractivity contribution in [3.63, 3.8) is 0 Å². The van der Waals surface area contributed by atoms with Gasteiger partial charge >= 0.3 is 0 Å². The fourth-order valence-corrected chi connectivity index (χ4v) is 1.38. The average molecular weight is 214 g/mol. The third kappa shape index (κ3) is 1.99. The first-order chi connectivity index (χ1) is 6.74. The highest BCUT2D eigenvalue weighted by Crippen LogP contribution is 2.32. The van der Waals surface area contributed by atoms with E-state index in [4.69, 9.17) is 16.3 Å². The van der Waals surface area contributed by atoms with Crippen LogP contribution >= 0.6 is 11.6 Å². The van der Waals surface area contributed by atoms with Crippen LogP contribution in [0.15, 0.2) is 12.1 Å². The molecule has 4 heteroatoms. The molecule has 0 spiro atoms. The van der Waals surface area contributed by atoms with Gasteiger partial charge in [0.15, 0.2) is 12.0 Å². The molecule has 0 saturated heterocycles. The van der Waals surface area contributed by atoms with Gasteiger partial charge in [-0.2, -0.15) is 0 Å². The van der Waals surface area contributed by atoms with E-state index in [2.05, 4.69) is 5.32 Å². The summed E-state index contributed by atoms with van der Waals surface area (Å²) in [4.78, 5) is 10.8. The van der Waals surface area contributed by atoms with Gasteiger partial charge in [0.05, 0.1) is 22.9 Å². The number of carbonyl (C=O) groups is 1. The lowest BCUT2D eigenvalue weighted by Crippen LogP contribution is -2.01. The summed E-state index contributed by atoms with van der Waals surface area (Å²) in [5.74, 6) is 0.512. The standard InChI is InChI=1S/C10H12ClNO2/c1-3-14-10-7(6-13)8(11)4-5-9(10)12-2/h4-6,12H,3H2,1-2H3. The molecule has 1 aromatic rings. The van der Waals surface area contributed by atoms with Crippen LogP contribution in [0.5, 0.6) is 5.75 Å². The van der Waals surface area contributed by atoms with Gasteiger partial charge < -0.3 is 10.1 Å². The van der Waals surface area contributed by atoms with Gasteiger partial charge in [0.25, 0.3) is 0 Å². The minimum absolute atomic E-state index is 0.389. The van der Waals surface area contributed by atoms with Crippen molar-refractivity contribution in [1.82, 2.24) is 0 Å². The number of hydrogen-bond donors (Lipinski definition) is 1. The summed E-state index contributed by atoms with van der Waals surface area (Å²) in [5, 5.41) is 3.34. The van der Waals surface area contributed by atoms with Crippen LogP contribution in [-0.2, 0) is 0 Å². The third-order valence-electron chi connectivity index (χ3n) is 1.82. The molecule has 0 amide bonds. The lowest BCUT2D eigenvalue weighted by atomic mass is 10.2. The molecule has 1 rings (SSSR count). The first-order valence-corrected chi connectivity index (χ1v) is 4.70. The predicted molar refractivity (Wildman–Crippen MR) is 57.6 cm³/mol. The lowest BCUT2D eigenvalue weighted by Gasteiger charge is -2.12. The van der Waals surface area contributed by atoms with Gasteiger partial charge in [-0.15, -0.1) is 0 Å². The molecule has 3 nitrogen and oxygen atoms in total. The van der Waals surface area contributed by atoms with Crippen LogP contribution in [0, 0.1) is 0 Å². The highest BCUT2D eigenvalue weighted by Gasteiger charge is 2.11. The van der Waals surface area contributed by atoms with E-state index in [0.29, 0.717) is 29.2 Å². The van der Waals surface area contributed by atoms with Crippen molar-refractivity contribution < 1.29 is 9.53 Å². The number of aldehydes is 1. The van der Waals surface area contributed by atoms with Crippen molar-refractivity contribution >= 4 is 23.6 Å². The number of carbonyl (C=O) groups excluding carboxylic acids is 1. The van der Waals surface area contributed by atoms with Crippen molar-refractivity contribution in [2.45, 2.75) is 6.92 Å². The van der Waals surface area contributed by atoms with E-state index in [1.165, 1.54) is 0 Å². The van der Waals surface area contributed by atoms with Crippen molar-refractivity contribution in [2.24, 2.45) is 0 Å². The zero-order valence-electron chi connectivity index (χ0n) is 8.13. The fraction of sp³-hybridized carbons (Fsp3) is 0.300. The van der Waals surface area contributed by atoms with Crippen molar-refractivity contribution in [3.05, 3.63) is 22.7 Å². The summed E-state index contributed by atoms with van der Waals surface area (Å²) in [6, 6.07) is 3.44. The van der Waals surface area contributed by atoms with E-state index < -0.39 is 0 Å². The first kappa shape index (κ1) is 10.9. The van der Waals surface area contributed by atoms with Gasteiger partial charge in [0, 0.05) is 7.05 Å². The highest BCUT2D eigenvalue weighted by molar-refractivity contribution is 6.33. The summed E-state index contributed by atoms with van der Waals surface area (Å²) in [6.07, 6.45) is 0.703. The molecule has 0 saturated carbocycles. The Kier molecular flexibility index (Phi) is 3.77. The van der Waals surface area contributed by atoms with Crippen molar-refractivity contribution in [1.29, 1.82) is 0 Å². The molecular formula is C10H12ClNO2. The molecule has 0 heterocycles. The molecule has 0 aliphatic heterocycles. The van der Waals surface area contributed by atoms with Crippen LogP contribution in [0.2, 0.25) is 5.02 Å². The maximum atomic E-state index is 10.8. The topological polar surface area (TPSA) is 38.3 Å². The number of hydrogen-bond acceptors (Lipinski definition) is 3. The highest BCUT2D eigenvalue weighted by atomic mass is 35.5. The second kappa shape index (κ2) is 4.86. The number of ether oxygens (including phenoxy) is 1. The van der Waals surface area contributed by atoms with Crippen LogP contribution in [0.25, 0.3) is 0 Å². The Bertz CT molecular complexity index is 339. The Morgan fingerprint density at radius 2 is 2.29 bits per heavy atom. The number of anilines is 1. The largest absolute Gasteiger partial charge is 0.491 e. The van der Waals surface area contributed by atoms with E-state index in [1.807, 2.05) is 6.92 Å². The van der Waals surface area contributed by atoms with E-state index in [-0.39, 0.29) is 0 Å². The Labute approximate surface area is 88.0 Å². The molecule has 0 radical (unpaired) electrons. The van der Waals surface area contributed by atoms with Crippen LogP contribution in [0.1, 0.15) is 17.3 Å². The number of nitrogens with one attached hydrogen (secondary N) is 1. The van der Waals surface area contributed by atoms with E-state index in [9.17, 15) is 4.79 Å². The second-order valence-corrected chi connectivity index (χ2v) is 3.05. The van der Waals surface area contributed by atoms with Crippen LogP contribution < -0.4 is 10.1 Å². The zero-order valence-corrected chi connectivity index (χ0v) is 8.89. The molecule has 0 fully saturated rings. The lowest BCUT2D eigenvalue weighted by molar-refractivity contribution is 0.112. The molecule has 0 aliphatic carbocycles. The van der Waals surface area contributed by atoms with Gasteiger partial charge in [-0.25, -0.2) is 0 Å². The van der Waals surface area contributed by atoms with Crippen molar-refractivity contribution in [2.75, 3.05) is 19.0 Å². The van der Waals surface area contributed by atoms with Crippen LogP contribution in [0.3, 0.4) is 0 Å². The maximum absolute atomic E-state index is 10.8. The molecule has 1 N–H and O–H groups in total. The van der Waals surface area contributed by atoms with Gasteiger partial charge in [0.1, 0.15) is 0 Å². The van der Waals surface area contributed by atoms with E-state index in [0.717, 1.165) is 5.69 Å². The van der Waals surface area contributed by atoms with Gasteiger partial charge in [-0.3, -0.25) is 4.79 Å². The molecular weight excluding hydrogens is 202 g/mol. The second-order valence-electron chi connectivity index (χ2n) is 2.64. The first-order valence-electron chi connectivity index (χ1n) is 4.32. The molecule has 14 heavy (non-hydrogen) atoms. The quantitative estimate of drug-likeness (QED) is 0.782. The van der Waals surface area contributed by atoms with Crippen molar-refractivity contribution in [3.8, 4) is 5.75 Å². The average Bonchev–Trinajstić information content (AvgIpc) is 2.19. The Morgan fingerprint density at radius 1 is 1.57 bits per heavy atom. The third-order valence-corrected chi connectivity index (χ3v) is 2.15. The Balaban J connectivity index is 3.27. The maximum Gasteiger partial charge on any atom is 0.155 e. The van der Waals surface area contributed by atoms with Gasteiger partial charge in [-0.05, 0) is 19.1 Å². The molecule has 0 atom stereocenters. The molecule has 76 valence electrons. The number of benzene rings is 1.